The van der Waals surface area contributed by atoms with Crippen LogP contribution in [0.15, 0.2) is 5.51 Å². The van der Waals surface area contributed by atoms with Gasteiger partial charge in [-0.2, -0.15) is 0 Å². The first kappa shape index (κ1) is 14.0. The molecule has 0 radical (unpaired) electrons. The van der Waals surface area contributed by atoms with Crippen molar-refractivity contribution < 1.29 is 14.7 Å². The summed E-state index contributed by atoms with van der Waals surface area (Å²) in [6, 6.07) is -0.179. The van der Waals surface area contributed by atoms with Crippen LogP contribution < -0.4 is 5.32 Å². The summed E-state index contributed by atoms with van der Waals surface area (Å²) in [5.74, 6) is -0.160. The van der Waals surface area contributed by atoms with Crippen molar-refractivity contribution >= 4 is 28.3 Å². The highest BCUT2D eigenvalue weighted by Crippen LogP contribution is 2.49. The van der Waals surface area contributed by atoms with Crippen molar-refractivity contribution in [1.82, 2.24) is 9.88 Å². The van der Waals surface area contributed by atoms with Gasteiger partial charge in [-0.3, -0.25) is 10.1 Å². The van der Waals surface area contributed by atoms with Crippen molar-refractivity contribution in [3.8, 4) is 0 Å². The van der Waals surface area contributed by atoms with Gasteiger partial charge in [-0.25, -0.2) is 9.78 Å². The number of carboxylic acids is 1. The molecule has 7 heteroatoms. The van der Waals surface area contributed by atoms with Gasteiger partial charge in [0, 0.05) is 19.0 Å². The molecule has 4 rings (SSSR count). The van der Waals surface area contributed by atoms with Crippen LogP contribution in [0.3, 0.4) is 0 Å². The van der Waals surface area contributed by atoms with Crippen LogP contribution in [-0.4, -0.2) is 40.1 Å². The Morgan fingerprint density at radius 1 is 1.41 bits per heavy atom. The summed E-state index contributed by atoms with van der Waals surface area (Å²) in [6.07, 6.45) is 4.82. The number of fused-ring (bicyclic) bond motifs is 1. The third kappa shape index (κ3) is 2.10. The molecule has 1 aliphatic heterocycles. The molecule has 0 bridgehead atoms. The lowest BCUT2D eigenvalue weighted by Crippen LogP contribution is -2.38. The van der Waals surface area contributed by atoms with Gasteiger partial charge < -0.3 is 10.0 Å². The second-order valence-corrected chi connectivity index (χ2v) is 7.56. The molecule has 1 aromatic heterocycles. The van der Waals surface area contributed by atoms with Gasteiger partial charge in [0.1, 0.15) is 5.00 Å². The molecule has 118 valence electrons. The van der Waals surface area contributed by atoms with E-state index in [1.807, 2.05) is 0 Å². The number of nitrogens with zero attached hydrogens (tertiary/aromatic N) is 2. The van der Waals surface area contributed by atoms with E-state index in [4.69, 9.17) is 0 Å². The molecule has 0 spiro atoms. The molecule has 3 aliphatic rings. The number of aromatic nitrogens is 1. The molecule has 3 fully saturated rings. The van der Waals surface area contributed by atoms with Crippen LogP contribution >= 0.6 is 11.3 Å². The first-order valence-electron chi connectivity index (χ1n) is 7.83. The topological polar surface area (TPSA) is 82.5 Å². The van der Waals surface area contributed by atoms with Gasteiger partial charge in [0.05, 0.1) is 16.6 Å². The van der Waals surface area contributed by atoms with Crippen molar-refractivity contribution in [3.63, 3.8) is 0 Å². The average Bonchev–Trinajstić information content (AvgIpc) is 2.93. The van der Waals surface area contributed by atoms with E-state index in [9.17, 15) is 14.7 Å². The molecule has 2 heterocycles. The standard InChI is InChI=1S/C15H19N3O3S/c19-13(20)15-5-1-2-10(15)6-18(7-15)14(21)17-12-11(9-3-4-9)16-8-22-12/h8-10H,1-7H2,(H,17,21)(H,19,20)/t10-,15+/m0/s1. The molecule has 1 aromatic rings. The zero-order valence-corrected chi connectivity index (χ0v) is 13.1. The number of carboxylic acid groups (broad SMARTS) is 1. The van der Waals surface area contributed by atoms with E-state index in [-0.39, 0.29) is 11.9 Å². The largest absolute Gasteiger partial charge is 0.481 e. The number of urea groups is 1. The Morgan fingerprint density at radius 2 is 2.23 bits per heavy atom. The molecular weight excluding hydrogens is 302 g/mol. The molecule has 0 aromatic carbocycles. The number of amides is 2. The van der Waals surface area contributed by atoms with Gasteiger partial charge in [-0.15, -0.1) is 11.3 Å². The molecule has 2 N–H and O–H groups in total. The predicted octanol–water partition coefficient (Wildman–Crippen LogP) is 2.74. The van der Waals surface area contributed by atoms with Gasteiger partial charge in [-0.1, -0.05) is 6.42 Å². The van der Waals surface area contributed by atoms with E-state index in [1.54, 1.807) is 10.4 Å². The summed E-state index contributed by atoms with van der Waals surface area (Å²) in [6.45, 7) is 0.881. The van der Waals surface area contributed by atoms with E-state index in [2.05, 4.69) is 10.3 Å². The summed E-state index contributed by atoms with van der Waals surface area (Å²) in [7, 11) is 0. The molecule has 0 unspecified atom stereocenters. The third-order valence-electron chi connectivity index (χ3n) is 5.36. The van der Waals surface area contributed by atoms with Crippen LogP contribution in [0.25, 0.3) is 0 Å². The van der Waals surface area contributed by atoms with E-state index in [1.165, 1.54) is 11.3 Å². The van der Waals surface area contributed by atoms with Crippen LogP contribution in [0.5, 0.6) is 0 Å². The summed E-state index contributed by atoms with van der Waals surface area (Å²) >= 11 is 1.45. The summed E-state index contributed by atoms with van der Waals surface area (Å²) in [4.78, 5) is 30.2. The minimum atomic E-state index is -0.748. The maximum absolute atomic E-state index is 12.5. The lowest BCUT2D eigenvalue weighted by Gasteiger charge is -2.23. The molecule has 1 saturated heterocycles. The number of carbonyl (C=O) groups is 2. The molecule has 2 atom stereocenters. The van der Waals surface area contributed by atoms with Crippen molar-refractivity contribution in [2.75, 3.05) is 18.4 Å². The van der Waals surface area contributed by atoms with Crippen LogP contribution in [0.1, 0.15) is 43.7 Å². The molecule has 2 aliphatic carbocycles. The zero-order chi connectivity index (χ0) is 15.3. The number of hydrogen-bond acceptors (Lipinski definition) is 4. The van der Waals surface area contributed by atoms with Crippen molar-refractivity contribution in [2.24, 2.45) is 11.3 Å². The number of nitrogens with one attached hydrogen (secondary N) is 1. The fraction of sp³-hybridized carbons (Fsp3) is 0.667. The predicted molar refractivity (Wildman–Crippen MR) is 82.1 cm³/mol. The lowest BCUT2D eigenvalue weighted by molar-refractivity contribution is -0.149. The van der Waals surface area contributed by atoms with Crippen molar-refractivity contribution in [2.45, 2.75) is 38.0 Å². The molecule has 6 nitrogen and oxygen atoms in total. The minimum absolute atomic E-state index is 0.0973. The van der Waals surface area contributed by atoms with Crippen LogP contribution in [0.4, 0.5) is 9.80 Å². The van der Waals surface area contributed by atoms with Gasteiger partial charge in [0.2, 0.25) is 0 Å². The van der Waals surface area contributed by atoms with Crippen LogP contribution in [-0.2, 0) is 4.79 Å². The average molecular weight is 321 g/mol. The fourth-order valence-electron chi connectivity index (χ4n) is 3.97. The Bertz CT molecular complexity index is 627. The number of hydrogen-bond donors (Lipinski definition) is 2. The highest BCUT2D eigenvalue weighted by atomic mass is 32.1. The lowest BCUT2D eigenvalue weighted by atomic mass is 9.81. The number of aliphatic carboxylic acids is 1. The molecule has 2 saturated carbocycles. The van der Waals surface area contributed by atoms with E-state index in [0.717, 1.165) is 36.4 Å². The van der Waals surface area contributed by atoms with Gasteiger partial charge in [-0.05, 0) is 31.6 Å². The summed E-state index contributed by atoms with van der Waals surface area (Å²) in [5.41, 5.74) is 2.04. The quantitative estimate of drug-likeness (QED) is 0.897. The minimum Gasteiger partial charge on any atom is -0.481 e. The van der Waals surface area contributed by atoms with Gasteiger partial charge >= 0.3 is 12.0 Å². The monoisotopic (exact) mass is 321 g/mol. The van der Waals surface area contributed by atoms with Crippen molar-refractivity contribution in [3.05, 3.63) is 11.2 Å². The SMILES string of the molecule is O=C(Nc1scnc1C1CC1)N1C[C@@H]2CCC[C@@]2(C(=O)O)C1. The normalized spacial score (nSPS) is 30.4. The maximum atomic E-state index is 12.5. The van der Waals surface area contributed by atoms with Crippen LogP contribution in [0, 0.1) is 11.3 Å². The zero-order valence-electron chi connectivity index (χ0n) is 12.2. The molecular formula is C15H19N3O3S. The van der Waals surface area contributed by atoms with E-state index >= 15 is 0 Å². The Labute approximate surface area is 132 Å². The first-order chi connectivity index (χ1) is 10.6. The van der Waals surface area contributed by atoms with E-state index in [0.29, 0.717) is 25.4 Å². The van der Waals surface area contributed by atoms with E-state index < -0.39 is 11.4 Å². The third-order valence-corrected chi connectivity index (χ3v) is 6.12. The van der Waals surface area contributed by atoms with Crippen LogP contribution in [0.2, 0.25) is 0 Å². The number of rotatable bonds is 3. The smallest absolute Gasteiger partial charge is 0.322 e. The summed E-state index contributed by atoms with van der Waals surface area (Å²) < 4.78 is 0. The fourth-order valence-corrected chi connectivity index (χ4v) is 4.72. The Balaban J connectivity index is 1.48. The van der Waals surface area contributed by atoms with Gasteiger partial charge in [0.15, 0.2) is 0 Å². The highest BCUT2D eigenvalue weighted by molar-refractivity contribution is 7.14. The second kappa shape index (κ2) is 4.94. The number of likely N-dealkylation sites (tertiary alicyclic amines) is 1. The second-order valence-electron chi connectivity index (χ2n) is 6.70. The number of thiazole rings is 1. The highest BCUT2D eigenvalue weighted by Gasteiger charge is 2.55. The van der Waals surface area contributed by atoms with Crippen molar-refractivity contribution in [1.29, 1.82) is 0 Å². The number of carbonyl (C=O) groups excluding carboxylic acids is 1. The Kier molecular flexibility index (Phi) is 3.14. The molecule has 22 heavy (non-hydrogen) atoms. The van der Waals surface area contributed by atoms with Gasteiger partial charge in [0.25, 0.3) is 0 Å². The summed E-state index contributed by atoms with van der Waals surface area (Å²) in [5, 5.41) is 13.4. The number of anilines is 1. The maximum Gasteiger partial charge on any atom is 0.322 e. The molecule has 2 amide bonds. The Hall–Kier alpha value is -1.63. The Morgan fingerprint density at radius 3 is 2.91 bits per heavy atom. The first-order valence-corrected chi connectivity index (χ1v) is 8.71.